The molecule has 2 aromatic carbocycles. The summed E-state index contributed by atoms with van der Waals surface area (Å²) in [5.74, 6) is 0. The molecule has 0 radical (unpaired) electrons. The van der Waals surface area contributed by atoms with Crippen LogP contribution in [0.15, 0.2) is 60.2 Å². The first-order valence-electron chi connectivity index (χ1n) is 13.0. The SMILES string of the molecule is CC1(C)[C@H](N(O)C(=O)Nc2cccc(C(F)(F)F)c2)N(c2cccc(C(F)(F)F)c2)C(=O)N1CCC1=CCCCC1. The van der Waals surface area contributed by atoms with E-state index in [9.17, 15) is 41.1 Å². The Labute approximate surface area is 233 Å². The molecule has 0 spiro atoms. The van der Waals surface area contributed by atoms with Gasteiger partial charge in [-0.15, -0.1) is 0 Å². The van der Waals surface area contributed by atoms with E-state index in [2.05, 4.69) is 11.4 Å². The molecule has 1 atom stereocenters. The Kier molecular flexibility index (Phi) is 8.30. The number of nitrogens with one attached hydrogen (secondary N) is 1. The Morgan fingerprint density at radius 3 is 2.27 bits per heavy atom. The first-order chi connectivity index (χ1) is 19.1. The van der Waals surface area contributed by atoms with Gasteiger partial charge >= 0.3 is 24.4 Å². The van der Waals surface area contributed by atoms with Crippen LogP contribution in [-0.4, -0.2) is 45.5 Å². The summed E-state index contributed by atoms with van der Waals surface area (Å²) in [4.78, 5) is 29.2. The molecule has 2 N–H and O–H groups in total. The quantitative estimate of drug-likeness (QED) is 0.157. The minimum atomic E-state index is -4.73. The van der Waals surface area contributed by atoms with Gasteiger partial charge in [0.05, 0.1) is 16.7 Å². The molecule has 1 aliphatic heterocycles. The fourth-order valence-corrected chi connectivity index (χ4v) is 5.26. The summed E-state index contributed by atoms with van der Waals surface area (Å²) in [5, 5.41) is 13.4. The van der Waals surface area contributed by atoms with Gasteiger partial charge in [-0.1, -0.05) is 23.8 Å². The first kappa shape index (κ1) is 30.2. The number of alkyl halides is 6. The minimum absolute atomic E-state index is 0.137. The molecular formula is C28H30F6N4O3. The van der Waals surface area contributed by atoms with Crippen molar-refractivity contribution in [3.63, 3.8) is 0 Å². The number of anilines is 2. The average molecular weight is 585 g/mol. The van der Waals surface area contributed by atoms with Gasteiger partial charge in [0.2, 0.25) is 0 Å². The Morgan fingerprint density at radius 2 is 1.66 bits per heavy atom. The lowest BCUT2D eigenvalue weighted by Crippen LogP contribution is -2.58. The van der Waals surface area contributed by atoms with Crippen LogP contribution < -0.4 is 10.2 Å². The average Bonchev–Trinajstić information content (AvgIpc) is 3.11. The summed E-state index contributed by atoms with van der Waals surface area (Å²) in [5.41, 5.74) is -2.77. The lowest BCUT2D eigenvalue weighted by atomic mass is 9.95. The second-order valence-corrected chi connectivity index (χ2v) is 10.6. The van der Waals surface area contributed by atoms with Gasteiger partial charge in [0, 0.05) is 17.9 Å². The number of hydrogen-bond acceptors (Lipinski definition) is 3. The summed E-state index contributed by atoms with van der Waals surface area (Å²) in [6.07, 6.45) is -4.53. The highest BCUT2D eigenvalue weighted by molar-refractivity contribution is 5.98. The molecule has 4 amide bonds. The predicted octanol–water partition coefficient (Wildman–Crippen LogP) is 7.88. The van der Waals surface area contributed by atoms with E-state index in [1.165, 1.54) is 17.0 Å². The summed E-state index contributed by atoms with van der Waals surface area (Å²) < 4.78 is 80.0. The number of urea groups is 2. The van der Waals surface area contributed by atoms with E-state index >= 15 is 0 Å². The highest BCUT2D eigenvalue weighted by atomic mass is 19.4. The van der Waals surface area contributed by atoms with Crippen LogP contribution >= 0.6 is 0 Å². The van der Waals surface area contributed by atoms with E-state index in [0.717, 1.165) is 66.5 Å². The van der Waals surface area contributed by atoms with Crippen LogP contribution in [0.5, 0.6) is 0 Å². The van der Waals surface area contributed by atoms with Crippen molar-refractivity contribution in [2.75, 3.05) is 16.8 Å². The van der Waals surface area contributed by atoms with Gasteiger partial charge in [-0.05, 0) is 82.3 Å². The number of hydroxylamine groups is 2. The van der Waals surface area contributed by atoms with E-state index in [1.807, 2.05) is 0 Å². The van der Waals surface area contributed by atoms with Crippen molar-refractivity contribution >= 4 is 23.4 Å². The van der Waals surface area contributed by atoms with Crippen molar-refractivity contribution in [2.24, 2.45) is 0 Å². The third-order valence-electron chi connectivity index (χ3n) is 7.38. The maximum absolute atomic E-state index is 13.8. The topological polar surface area (TPSA) is 76.1 Å². The van der Waals surface area contributed by atoms with E-state index in [-0.39, 0.29) is 23.0 Å². The van der Waals surface area contributed by atoms with Crippen LogP contribution in [-0.2, 0) is 12.4 Å². The monoisotopic (exact) mass is 584 g/mol. The number of amides is 4. The number of halogens is 6. The zero-order valence-electron chi connectivity index (χ0n) is 22.4. The van der Waals surface area contributed by atoms with Gasteiger partial charge in [0.15, 0.2) is 6.17 Å². The number of nitrogens with zero attached hydrogens (tertiary/aromatic N) is 3. The maximum atomic E-state index is 13.8. The number of hydrogen-bond donors (Lipinski definition) is 2. The fourth-order valence-electron chi connectivity index (χ4n) is 5.26. The molecule has 2 aliphatic rings. The first-order valence-corrected chi connectivity index (χ1v) is 13.0. The van der Waals surface area contributed by atoms with Crippen molar-refractivity contribution in [3.8, 4) is 0 Å². The molecule has 7 nitrogen and oxygen atoms in total. The van der Waals surface area contributed by atoms with Gasteiger partial charge in [-0.2, -0.15) is 31.4 Å². The number of benzene rings is 2. The maximum Gasteiger partial charge on any atom is 0.416 e. The van der Waals surface area contributed by atoms with Crippen molar-refractivity contribution < 1.29 is 41.1 Å². The normalized spacial score (nSPS) is 19.3. The largest absolute Gasteiger partial charge is 0.416 e. The molecular weight excluding hydrogens is 554 g/mol. The Balaban J connectivity index is 1.68. The molecule has 1 heterocycles. The number of allylic oxidation sites excluding steroid dienone is 1. The summed E-state index contributed by atoms with van der Waals surface area (Å²) in [6, 6.07) is 5.65. The van der Waals surface area contributed by atoms with E-state index < -0.39 is 47.2 Å². The van der Waals surface area contributed by atoms with Gasteiger partial charge in [-0.25, -0.2) is 9.59 Å². The zero-order chi connectivity index (χ0) is 30.2. The van der Waals surface area contributed by atoms with Crippen molar-refractivity contribution in [1.29, 1.82) is 0 Å². The molecule has 0 unspecified atom stereocenters. The Hall–Kier alpha value is -3.74. The Bertz CT molecular complexity index is 1320. The lowest BCUT2D eigenvalue weighted by molar-refractivity contribution is -0.138. The molecule has 222 valence electrons. The second-order valence-electron chi connectivity index (χ2n) is 10.6. The third-order valence-corrected chi connectivity index (χ3v) is 7.38. The van der Waals surface area contributed by atoms with Gasteiger partial charge in [0.1, 0.15) is 0 Å². The van der Waals surface area contributed by atoms with E-state index in [1.54, 1.807) is 13.8 Å². The van der Waals surface area contributed by atoms with Gasteiger partial charge in [-0.3, -0.25) is 10.1 Å². The zero-order valence-corrected chi connectivity index (χ0v) is 22.4. The van der Waals surface area contributed by atoms with Gasteiger partial charge < -0.3 is 10.2 Å². The molecule has 4 rings (SSSR count). The summed E-state index contributed by atoms with van der Waals surface area (Å²) in [6.45, 7) is 3.28. The predicted molar refractivity (Wildman–Crippen MR) is 139 cm³/mol. The van der Waals surface area contributed by atoms with Crippen LogP contribution in [0.4, 0.5) is 47.3 Å². The number of carbonyl (C=O) groups is 2. The molecule has 2 aromatic rings. The van der Waals surface area contributed by atoms with E-state index in [4.69, 9.17) is 0 Å². The van der Waals surface area contributed by atoms with Crippen molar-refractivity contribution in [1.82, 2.24) is 9.96 Å². The second kappa shape index (κ2) is 11.3. The molecule has 1 saturated heterocycles. The van der Waals surface area contributed by atoms with Crippen LogP contribution in [0.3, 0.4) is 0 Å². The van der Waals surface area contributed by atoms with Crippen LogP contribution in [0, 0.1) is 0 Å². The Morgan fingerprint density at radius 1 is 1.02 bits per heavy atom. The van der Waals surface area contributed by atoms with Crippen molar-refractivity contribution in [3.05, 3.63) is 71.3 Å². The van der Waals surface area contributed by atoms with Crippen LogP contribution in [0.2, 0.25) is 0 Å². The lowest BCUT2D eigenvalue weighted by Gasteiger charge is -2.38. The molecule has 1 fully saturated rings. The van der Waals surface area contributed by atoms with Crippen molar-refractivity contribution in [2.45, 2.75) is 70.0 Å². The highest BCUT2D eigenvalue weighted by Crippen LogP contribution is 2.40. The highest BCUT2D eigenvalue weighted by Gasteiger charge is 2.56. The third kappa shape index (κ3) is 6.45. The summed E-state index contributed by atoms with van der Waals surface area (Å²) >= 11 is 0. The molecule has 0 bridgehead atoms. The molecule has 0 aromatic heterocycles. The minimum Gasteiger partial charge on any atom is -0.315 e. The number of carbonyl (C=O) groups excluding carboxylic acids is 2. The molecule has 41 heavy (non-hydrogen) atoms. The molecule has 1 aliphatic carbocycles. The fraction of sp³-hybridized carbons (Fsp3) is 0.429. The van der Waals surface area contributed by atoms with Crippen LogP contribution in [0.25, 0.3) is 0 Å². The van der Waals surface area contributed by atoms with E-state index in [0.29, 0.717) is 12.5 Å². The molecule has 0 saturated carbocycles. The summed E-state index contributed by atoms with van der Waals surface area (Å²) in [7, 11) is 0. The molecule has 13 heteroatoms. The van der Waals surface area contributed by atoms with Crippen LogP contribution in [0.1, 0.15) is 57.1 Å². The number of rotatable bonds is 6. The smallest absolute Gasteiger partial charge is 0.315 e. The van der Waals surface area contributed by atoms with Gasteiger partial charge in [0.25, 0.3) is 0 Å². The standard InChI is InChI=1S/C28H30F6N4O3/c1-26(2)23(38(41)24(39)35-21-12-6-10-19(16-21)27(29,30)31)37(22-13-7-11-20(17-22)28(32,33)34)25(40)36(26)15-14-18-8-4-3-5-9-18/h6-8,10-13,16-17,23,41H,3-5,9,14-15H2,1-2H3,(H,35,39)/t23-/m0/s1.